The van der Waals surface area contributed by atoms with Gasteiger partial charge in [0, 0.05) is 22.7 Å². The van der Waals surface area contributed by atoms with E-state index in [0.717, 1.165) is 42.4 Å². The second-order valence-corrected chi connectivity index (χ2v) is 9.85. The molecule has 0 bridgehead atoms. The van der Waals surface area contributed by atoms with Crippen LogP contribution in [-0.4, -0.2) is 27.6 Å². The van der Waals surface area contributed by atoms with Gasteiger partial charge in [0.25, 0.3) is 0 Å². The third-order valence-corrected chi connectivity index (χ3v) is 7.96. The van der Waals surface area contributed by atoms with Crippen LogP contribution in [0.5, 0.6) is 0 Å². The average Bonchev–Trinajstić information content (AvgIpc) is 3.32. The lowest BCUT2D eigenvalue weighted by Crippen LogP contribution is -2.19. The van der Waals surface area contributed by atoms with E-state index < -0.39 is 17.5 Å². The third-order valence-electron chi connectivity index (χ3n) is 6.23. The second kappa shape index (κ2) is 9.44. The highest BCUT2D eigenvalue weighted by molar-refractivity contribution is 7.13. The number of carboxylic acids is 1. The predicted molar refractivity (Wildman–Crippen MR) is 120 cm³/mol. The van der Waals surface area contributed by atoms with E-state index in [0.29, 0.717) is 11.3 Å². The van der Waals surface area contributed by atoms with Gasteiger partial charge in [-0.15, -0.1) is 22.9 Å². The Morgan fingerprint density at radius 1 is 1.17 bits per heavy atom. The van der Waals surface area contributed by atoms with Crippen LogP contribution in [0.25, 0.3) is 10.8 Å². The topological polar surface area (TPSA) is 50.2 Å². The summed E-state index contributed by atoms with van der Waals surface area (Å²) in [7, 11) is 0. The molecule has 0 spiro atoms. The van der Waals surface area contributed by atoms with Crippen molar-refractivity contribution in [3.05, 3.63) is 64.1 Å². The number of benzene rings is 1. The fourth-order valence-corrected chi connectivity index (χ4v) is 5.96. The monoisotopic (exact) mass is 445 g/mol. The van der Waals surface area contributed by atoms with Gasteiger partial charge in [0.15, 0.2) is 0 Å². The van der Waals surface area contributed by atoms with Gasteiger partial charge < -0.3 is 5.11 Å². The SMILES string of the molecule is O=C(O)c1ccc(CCC[C@H]2CC(F)C(Cl)C2CCc2ccc3cnccc3c2)s1. The Labute approximate surface area is 184 Å². The van der Waals surface area contributed by atoms with Gasteiger partial charge in [0.05, 0.1) is 5.38 Å². The van der Waals surface area contributed by atoms with Crippen molar-refractivity contribution in [1.82, 2.24) is 4.98 Å². The van der Waals surface area contributed by atoms with Gasteiger partial charge in [-0.2, -0.15) is 0 Å². The Hall–Kier alpha value is -1.98. The highest BCUT2D eigenvalue weighted by Gasteiger charge is 2.41. The summed E-state index contributed by atoms with van der Waals surface area (Å²) in [4.78, 5) is 16.6. The standard InChI is InChI=1S/C24H25ClFNO2S/c25-23-20(8-5-15-4-6-18-14-27-11-10-16(18)12-15)17(13-21(23)26)2-1-3-19-7-9-22(30-19)24(28)29/h4,6-7,9-12,14,17,20-21,23H,1-3,5,8,13H2,(H,28,29)/t17-,20?,21?,23?/m0/s1. The summed E-state index contributed by atoms with van der Waals surface area (Å²) in [5.74, 6) is -0.420. The summed E-state index contributed by atoms with van der Waals surface area (Å²) >= 11 is 7.80. The van der Waals surface area contributed by atoms with Gasteiger partial charge in [-0.25, -0.2) is 9.18 Å². The lowest BCUT2D eigenvalue weighted by molar-refractivity contribution is 0.0702. The molecule has 0 amide bonds. The van der Waals surface area contributed by atoms with Crippen molar-refractivity contribution < 1.29 is 14.3 Å². The van der Waals surface area contributed by atoms with Gasteiger partial charge >= 0.3 is 5.97 Å². The normalized spacial score (nSPS) is 23.8. The van der Waals surface area contributed by atoms with Crippen molar-refractivity contribution in [2.45, 2.75) is 50.1 Å². The molecule has 1 aliphatic rings. The predicted octanol–water partition coefficient (Wildman–Crippen LogP) is 6.53. The second-order valence-electron chi connectivity index (χ2n) is 8.18. The van der Waals surface area contributed by atoms with Crippen molar-refractivity contribution in [3.8, 4) is 0 Å². The molecule has 4 rings (SSSR count). The van der Waals surface area contributed by atoms with Crippen LogP contribution in [0.3, 0.4) is 0 Å². The molecule has 3 nitrogen and oxygen atoms in total. The lowest BCUT2D eigenvalue weighted by Gasteiger charge is -2.21. The minimum Gasteiger partial charge on any atom is -0.477 e. The highest BCUT2D eigenvalue weighted by Crippen LogP contribution is 2.43. The molecule has 30 heavy (non-hydrogen) atoms. The number of carboxylic acid groups (broad SMARTS) is 1. The molecule has 158 valence electrons. The number of hydrogen-bond acceptors (Lipinski definition) is 3. The maximum absolute atomic E-state index is 14.4. The van der Waals surface area contributed by atoms with Crippen LogP contribution in [0.1, 0.15) is 45.8 Å². The Balaban J connectivity index is 1.34. The van der Waals surface area contributed by atoms with E-state index in [1.165, 1.54) is 22.3 Å². The number of nitrogens with zero attached hydrogens (tertiary/aromatic N) is 1. The molecular weight excluding hydrogens is 421 g/mol. The molecule has 2 aromatic heterocycles. The number of thiophene rings is 1. The number of pyridine rings is 1. The highest BCUT2D eigenvalue weighted by atomic mass is 35.5. The molecule has 2 heterocycles. The number of carbonyl (C=O) groups is 1. The van der Waals surface area contributed by atoms with Crippen LogP contribution in [-0.2, 0) is 12.8 Å². The van der Waals surface area contributed by atoms with Crippen molar-refractivity contribution in [2.24, 2.45) is 11.8 Å². The first kappa shape index (κ1) is 21.3. The Bertz CT molecular complexity index is 1020. The van der Waals surface area contributed by atoms with Crippen molar-refractivity contribution >= 4 is 39.7 Å². The fraction of sp³-hybridized carbons (Fsp3) is 0.417. The number of fused-ring (bicyclic) bond motifs is 1. The van der Waals surface area contributed by atoms with Gasteiger partial charge in [0.2, 0.25) is 0 Å². The number of aromatic nitrogens is 1. The van der Waals surface area contributed by atoms with E-state index in [1.807, 2.05) is 18.3 Å². The molecule has 4 atom stereocenters. The smallest absolute Gasteiger partial charge is 0.345 e. The first-order chi connectivity index (χ1) is 14.5. The van der Waals surface area contributed by atoms with E-state index in [1.54, 1.807) is 12.3 Å². The Kier molecular flexibility index (Phi) is 6.69. The van der Waals surface area contributed by atoms with E-state index in [9.17, 15) is 9.18 Å². The summed E-state index contributed by atoms with van der Waals surface area (Å²) < 4.78 is 14.4. The number of rotatable bonds is 8. The first-order valence-corrected chi connectivity index (χ1v) is 11.7. The maximum Gasteiger partial charge on any atom is 0.345 e. The minimum absolute atomic E-state index is 0.174. The van der Waals surface area contributed by atoms with Gasteiger partial charge in [-0.1, -0.05) is 18.2 Å². The van der Waals surface area contributed by atoms with Crippen molar-refractivity contribution in [3.63, 3.8) is 0 Å². The van der Waals surface area contributed by atoms with E-state index >= 15 is 0 Å². The van der Waals surface area contributed by atoms with Crippen LogP contribution >= 0.6 is 22.9 Å². The zero-order valence-electron chi connectivity index (χ0n) is 16.6. The van der Waals surface area contributed by atoms with Gasteiger partial charge in [-0.05, 0) is 79.5 Å². The summed E-state index contributed by atoms with van der Waals surface area (Å²) in [6, 6.07) is 12.0. The lowest BCUT2D eigenvalue weighted by atomic mass is 9.86. The summed E-state index contributed by atoms with van der Waals surface area (Å²) in [5, 5.41) is 10.9. The third kappa shape index (κ3) is 4.84. The maximum atomic E-state index is 14.4. The molecule has 1 saturated carbocycles. The molecular formula is C24H25ClFNO2S. The summed E-state index contributed by atoms with van der Waals surface area (Å²) in [5.41, 5.74) is 1.25. The molecule has 0 saturated heterocycles. The van der Waals surface area contributed by atoms with Crippen LogP contribution in [0.2, 0.25) is 0 Å². The van der Waals surface area contributed by atoms with Crippen LogP contribution in [0, 0.1) is 11.8 Å². The number of hydrogen-bond donors (Lipinski definition) is 1. The molecule has 1 N–H and O–H groups in total. The summed E-state index contributed by atoms with van der Waals surface area (Å²) in [6.45, 7) is 0. The molecule has 0 aliphatic heterocycles. The number of aromatic carboxylic acids is 1. The average molecular weight is 446 g/mol. The molecule has 3 unspecified atom stereocenters. The van der Waals surface area contributed by atoms with E-state index in [-0.39, 0.29) is 11.8 Å². The van der Waals surface area contributed by atoms with Crippen LogP contribution in [0.15, 0.2) is 48.8 Å². The van der Waals surface area contributed by atoms with Crippen LogP contribution in [0.4, 0.5) is 4.39 Å². The van der Waals surface area contributed by atoms with Gasteiger partial charge in [0.1, 0.15) is 11.0 Å². The fourth-order valence-electron chi connectivity index (χ4n) is 4.64. The van der Waals surface area contributed by atoms with E-state index in [2.05, 4.69) is 23.2 Å². The van der Waals surface area contributed by atoms with Gasteiger partial charge in [-0.3, -0.25) is 4.98 Å². The quantitative estimate of drug-likeness (QED) is 0.401. The molecule has 1 aliphatic carbocycles. The Morgan fingerprint density at radius 2 is 2.03 bits per heavy atom. The molecule has 0 radical (unpaired) electrons. The number of halogens is 2. The largest absolute Gasteiger partial charge is 0.477 e. The van der Waals surface area contributed by atoms with Crippen LogP contribution < -0.4 is 0 Å². The molecule has 1 fully saturated rings. The zero-order chi connectivity index (χ0) is 21.1. The Morgan fingerprint density at radius 3 is 2.83 bits per heavy atom. The molecule has 6 heteroatoms. The number of aryl methyl sites for hydroxylation is 2. The number of alkyl halides is 2. The first-order valence-electron chi connectivity index (χ1n) is 10.4. The van der Waals surface area contributed by atoms with Crippen molar-refractivity contribution in [1.29, 1.82) is 0 Å². The summed E-state index contributed by atoms with van der Waals surface area (Å²) in [6.07, 6.45) is 7.73. The van der Waals surface area contributed by atoms with Crippen molar-refractivity contribution in [2.75, 3.05) is 0 Å². The van der Waals surface area contributed by atoms with E-state index in [4.69, 9.17) is 16.7 Å². The molecule has 3 aromatic rings. The minimum atomic E-state index is -0.940. The molecule has 1 aromatic carbocycles. The zero-order valence-corrected chi connectivity index (χ0v) is 18.2.